The quantitative estimate of drug-likeness (QED) is 0.575. The molecule has 6 nitrogen and oxygen atoms in total. The molecule has 2 aromatic carbocycles. The zero-order valence-corrected chi connectivity index (χ0v) is 18.9. The van der Waals surface area contributed by atoms with Gasteiger partial charge in [0.25, 0.3) is 10.0 Å². The van der Waals surface area contributed by atoms with Crippen LogP contribution in [0.1, 0.15) is 23.8 Å². The fraction of sp³-hybridized carbons (Fsp3) is 0.261. The van der Waals surface area contributed by atoms with Crippen LogP contribution in [0.2, 0.25) is 0 Å². The van der Waals surface area contributed by atoms with Crippen LogP contribution in [-0.2, 0) is 14.8 Å². The topological polar surface area (TPSA) is 69.7 Å². The summed E-state index contributed by atoms with van der Waals surface area (Å²) in [6, 6.07) is 19.7. The summed E-state index contributed by atoms with van der Waals surface area (Å²) >= 11 is 1.72. The first-order valence-corrected chi connectivity index (χ1v) is 12.5. The Morgan fingerprint density at radius 3 is 2.68 bits per heavy atom. The Balaban J connectivity index is 1.45. The van der Waals surface area contributed by atoms with Gasteiger partial charge in [-0.25, -0.2) is 8.42 Å². The van der Waals surface area contributed by atoms with Gasteiger partial charge in [0.15, 0.2) is 0 Å². The Morgan fingerprint density at radius 1 is 1.13 bits per heavy atom. The summed E-state index contributed by atoms with van der Waals surface area (Å²) < 4.78 is 27.3. The van der Waals surface area contributed by atoms with Gasteiger partial charge >= 0.3 is 0 Å². The third-order valence-electron chi connectivity index (χ3n) is 5.48. The summed E-state index contributed by atoms with van der Waals surface area (Å²) in [6.45, 7) is 1.16. The van der Waals surface area contributed by atoms with Crippen molar-refractivity contribution in [2.75, 3.05) is 29.8 Å². The highest BCUT2D eigenvalue weighted by molar-refractivity contribution is 7.92. The SMILES string of the molecule is CN(c1ccccc1)S(=O)(=O)c1cccc(NC(=O)CN2CCCC2c2cccs2)c1. The van der Waals surface area contributed by atoms with Gasteiger partial charge in [0, 0.05) is 23.7 Å². The number of anilines is 2. The molecule has 162 valence electrons. The average molecular weight is 456 g/mol. The molecule has 0 spiro atoms. The molecule has 1 fully saturated rings. The van der Waals surface area contributed by atoms with Gasteiger partial charge in [0.1, 0.15) is 0 Å². The number of benzene rings is 2. The third-order valence-corrected chi connectivity index (χ3v) is 8.23. The molecule has 3 aromatic rings. The van der Waals surface area contributed by atoms with Crippen LogP contribution in [0.25, 0.3) is 0 Å². The summed E-state index contributed by atoms with van der Waals surface area (Å²) in [5.41, 5.74) is 1.05. The maximum atomic E-state index is 13.0. The molecule has 0 radical (unpaired) electrons. The van der Waals surface area contributed by atoms with E-state index in [1.807, 2.05) is 12.1 Å². The van der Waals surface area contributed by atoms with E-state index in [0.29, 0.717) is 11.4 Å². The monoisotopic (exact) mass is 455 g/mol. The Morgan fingerprint density at radius 2 is 1.94 bits per heavy atom. The van der Waals surface area contributed by atoms with Crippen molar-refractivity contribution in [2.45, 2.75) is 23.8 Å². The van der Waals surface area contributed by atoms with Crippen LogP contribution in [-0.4, -0.2) is 39.4 Å². The maximum Gasteiger partial charge on any atom is 0.264 e. The first-order valence-electron chi connectivity index (χ1n) is 10.2. The number of likely N-dealkylation sites (tertiary alicyclic amines) is 1. The van der Waals surface area contributed by atoms with Gasteiger partial charge < -0.3 is 5.32 Å². The van der Waals surface area contributed by atoms with Gasteiger partial charge in [-0.3, -0.25) is 14.0 Å². The number of nitrogens with one attached hydrogen (secondary N) is 1. The smallest absolute Gasteiger partial charge is 0.264 e. The minimum Gasteiger partial charge on any atom is -0.325 e. The molecule has 0 aliphatic carbocycles. The van der Waals surface area contributed by atoms with Gasteiger partial charge in [-0.1, -0.05) is 30.3 Å². The first kappa shape index (κ1) is 21.5. The van der Waals surface area contributed by atoms with Crippen molar-refractivity contribution in [3.8, 4) is 0 Å². The zero-order valence-electron chi connectivity index (χ0n) is 17.3. The van der Waals surface area contributed by atoms with Crippen molar-refractivity contribution >= 4 is 38.6 Å². The molecule has 0 bridgehead atoms. The molecule has 1 unspecified atom stereocenters. The second-order valence-electron chi connectivity index (χ2n) is 7.53. The van der Waals surface area contributed by atoms with Gasteiger partial charge in [0.2, 0.25) is 5.91 Å². The molecule has 1 atom stereocenters. The molecule has 1 aliphatic rings. The molecule has 1 aliphatic heterocycles. The van der Waals surface area contributed by atoms with E-state index in [9.17, 15) is 13.2 Å². The van der Waals surface area contributed by atoms with Crippen LogP contribution in [0, 0.1) is 0 Å². The molecular weight excluding hydrogens is 430 g/mol. The minimum atomic E-state index is -3.74. The number of amides is 1. The largest absolute Gasteiger partial charge is 0.325 e. The van der Waals surface area contributed by atoms with Crippen LogP contribution in [0.3, 0.4) is 0 Å². The van der Waals surface area contributed by atoms with Crippen LogP contribution in [0.5, 0.6) is 0 Å². The number of sulfonamides is 1. The Hall–Kier alpha value is -2.68. The lowest BCUT2D eigenvalue weighted by atomic mass is 10.2. The van der Waals surface area contributed by atoms with E-state index >= 15 is 0 Å². The molecule has 4 rings (SSSR count). The van der Waals surface area contributed by atoms with E-state index in [4.69, 9.17) is 0 Å². The zero-order chi connectivity index (χ0) is 21.8. The van der Waals surface area contributed by atoms with Gasteiger partial charge in [-0.15, -0.1) is 11.3 Å². The third kappa shape index (κ3) is 4.81. The van der Waals surface area contributed by atoms with Crippen molar-refractivity contribution in [2.24, 2.45) is 0 Å². The summed E-state index contributed by atoms with van der Waals surface area (Å²) in [4.78, 5) is 16.3. The lowest BCUT2D eigenvalue weighted by molar-refractivity contribution is -0.117. The Kier molecular flexibility index (Phi) is 6.41. The van der Waals surface area contributed by atoms with E-state index in [2.05, 4.69) is 21.7 Å². The van der Waals surface area contributed by atoms with Gasteiger partial charge in [0.05, 0.1) is 17.1 Å². The van der Waals surface area contributed by atoms with E-state index in [0.717, 1.165) is 19.4 Å². The normalized spacial score (nSPS) is 16.9. The number of rotatable bonds is 7. The summed E-state index contributed by atoms with van der Waals surface area (Å²) in [5, 5.41) is 4.93. The van der Waals surface area contributed by atoms with Crippen molar-refractivity contribution in [3.05, 3.63) is 77.0 Å². The predicted molar refractivity (Wildman–Crippen MR) is 125 cm³/mol. The van der Waals surface area contributed by atoms with Crippen molar-refractivity contribution in [1.29, 1.82) is 0 Å². The fourth-order valence-corrected chi connectivity index (χ4v) is 6.01. The van der Waals surface area contributed by atoms with Gasteiger partial charge in [-0.2, -0.15) is 0 Å². The molecule has 1 aromatic heterocycles. The average Bonchev–Trinajstić information content (AvgIpc) is 3.45. The molecule has 2 heterocycles. The molecule has 31 heavy (non-hydrogen) atoms. The Bertz CT molecular complexity index is 1130. The van der Waals surface area contributed by atoms with Crippen LogP contribution in [0.4, 0.5) is 11.4 Å². The number of hydrogen-bond donors (Lipinski definition) is 1. The highest BCUT2D eigenvalue weighted by atomic mass is 32.2. The standard InChI is InChI=1S/C23H25N3O3S2/c1-25(19-9-3-2-4-10-19)31(28,29)20-11-5-8-18(16-20)24-23(27)17-26-14-6-12-21(26)22-13-7-15-30-22/h2-5,7-11,13,15-16,21H,6,12,14,17H2,1H3,(H,24,27). The summed E-state index contributed by atoms with van der Waals surface area (Å²) in [7, 11) is -2.22. The fourth-order valence-electron chi connectivity index (χ4n) is 3.87. The van der Waals surface area contributed by atoms with Crippen molar-refractivity contribution in [3.63, 3.8) is 0 Å². The maximum absolute atomic E-state index is 13.0. The molecular formula is C23H25N3O3S2. The van der Waals surface area contributed by atoms with Gasteiger partial charge in [-0.05, 0) is 61.2 Å². The molecule has 1 amide bonds. The van der Waals surface area contributed by atoms with E-state index in [-0.39, 0.29) is 23.4 Å². The lowest BCUT2D eigenvalue weighted by Gasteiger charge is -2.23. The molecule has 8 heteroatoms. The molecule has 0 saturated carbocycles. The first-order chi connectivity index (χ1) is 14.9. The Labute approximate surface area is 187 Å². The predicted octanol–water partition coefficient (Wildman–Crippen LogP) is 4.35. The summed E-state index contributed by atoms with van der Waals surface area (Å²) in [5.74, 6) is -0.144. The highest BCUT2D eigenvalue weighted by Gasteiger charge is 2.28. The number of carbonyl (C=O) groups excluding carboxylic acids is 1. The second kappa shape index (κ2) is 9.21. The van der Waals surface area contributed by atoms with Crippen molar-refractivity contribution in [1.82, 2.24) is 4.90 Å². The number of thiophene rings is 1. The molecule has 1 N–H and O–H groups in total. The van der Waals surface area contributed by atoms with E-state index in [1.165, 1.54) is 28.4 Å². The number of carbonyl (C=O) groups is 1. The van der Waals surface area contributed by atoms with Crippen LogP contribution < -0.4 is 9.62 Å². The summed E-state index contributed by atoms with van der Waals surface area (Å²) in [6.07, 6.45) is 2.11. The number of hydrogen-bond acceptors (Lipinski definition) is 5. The molecule has 1 saturated heterocycles. The van der Waals surface area contributed by atoms with Crippen LogP contribution in [0.15, 0.2) is 77.0 Å². The number of nitrogens with zero attached hydrogens (tertiary/aromatic N) is 2. The van der Waals surface area contributed by atoms with Crippen LogP contribution >= 0.6 is 11.3 Å². The number of para-hydroxylation sites is 1. The second-order valence-corrected chi connectivity index (χ2v) is 10.5. The van der Waals surface area contributed by atoms with E-state index in [1.54, 1.807) is 47.7 Å². The highest BCUT2D eigenvalue weighted by Crippen LogP contribution is 2.34. The van der Waals surface area contributed by atoms with Crippen molar-refractivity contribution < 1.29 is 13.2 Å². The minimum absolute atomic E-state index is 0.134. The van der Waals surface area contributed by atoms with E-state index < -0.39 is 10.0 Å². The lowest BCUT2D eigenvalue weighted by Crippen LogP contribution is -2.32.